The molecule has 0 saturated heterocycles. The number of carbonyl (C=O) groups excluding carboxylic acids is 1. The first-order valence-corrected chi connectivity index (χ1v) is 8.62. The second-order valence-corrected chi connectivity index (χ2v) is 8.40. The summed E-state index contributed by atoms with van der Waals surface area (Å²) >= 11 is 1.74. The van der Waals surface area contributed by atoms with Crippen molar-refractivity contribution in [2.24, 2.45) is 34.6 Å². The van der Waals surface area contributed by atoms with Crippen LogP contribution in [0.2, 0.25) is 0 Å². The molecule has 0 amide bonds. The first-order chi connectivity index (χ1) is 9.31. The number of halogens is 1. The van der Waals surface area contributed by atoms with Crippen LogP contribution in [0.25, 0.3) is 0 Å². The summed E-state index contributed by atoms with van der Waals surface area (Å²) in [6.07, 6.45) is 6.76. The highest BCUT2D eigenvalue weighted by atomic mass is 127. The van der Waals surface area contributed by atoms with E-state index in [0.717, 1.165) is 19.3 Å². The topological polar surface area (TPSA) is 98.6 Å². The molecule has 0 aromatic carbocycles. The van der Waals surface area contributed by atoms with E-state index < -0.39 is 9.77 Å². The minimum absolute atomic E-state index is 0.127. The third-order valence-electron chi connectivity index (χ3n) is 5.37. The SMILES string of the molecule is NC(N)(COC(=O)C12CC3CC(CC(C3)C1)C2)C(O)I. The van der Waals surface area contributed by atoms with Crippen molar-refractivity contribution in [3.63, 3.8) is 0 Å². The second-order valence-electron chi connectivity index (χ2n) is 7.22. The number of alkyl halides is 1. The Morgan fingerprint density at radius 2 is 1.70 bits per heavy atom. The van der Waals surface area contributed by atoms with Gasteiger partial charge in [-0.15, -0.1) is 0 Å². The quantitative estimate of drug-likeness (QED) is 0.287. The number of hydrogen-bond donors (Lipinski definition) is 3. The fraction of sp³-hybridized carbons (Fsp3) is 0.929. The fourth-order valence-corrected chi connectivity index (χ4v) is 4.95. The van der Waals surface area contributed by atoms with Crippen molar-refractivity contribution >= 4 is 28.6 Å². The summed E-state index contributed by atoms with van der Waals surface area (Å²) in [7, 11) is 0. The Bertz CT molecular complexity index is 376. The van der Waals surface area contributed by atoms with Crippen LogP contribution in [0.3, 0.4) is 0 Å². The molecule has 4 fully saturated rings. The lowest BCUT2D eigenvalue weighted by Crippen LogP contribution is -2.61. The van der Waals surface area contributed by atoms with Crippen molar-refractivity contribution in [3.05, 3.63) is 0 Å². The molecule has 0 heterocycles. The van der Waals surface area contributed by atoms with Crippen molar-refractivity contribution in [1.29, 1.82) is 0 Å². The lowest BCUT2D eigenvalue weighted by atomic mass is 9.49. The molecule has 114 valence electrons. The number of aliphatic hydroxyl groups is 1. The molecule has 4 aliphatic rings. The maximum Gasteiger partial charge on any atom is 0.312 e. The van der Waals surface area contributed by atoms with E-state index in [2.05, 4.69) is 0 Å². The van der Waals surface area contributed by atoms with Gasteiger partial charge in [-0.2, -0.15) is 0 Å². The van der Waals surface area contributed by atoms with Crippen LogP contribution in [0.15, 0.2) is 0 Å². The van der Waals surface area contributed by atoms with E-state index in [0.29, 0.717) is 17.8 Å². The van der Waals surface area contributed by atoms with Crippen LogP contribution in [-0.2, 0) is 9.53 Å². The van der Waals surface area contributed by atoms with Crippen molar-refractivity contribution < 1.29 is 14.6 Å². The molecule has 0 aliphatic heterocycles. The number of esters is 1. The summed E-state index contributed by atoms with van der Waals surface area (Å²) in [5.74, 6) is 1.95. The number of hydrogen-bond acceptors (Lipinski definition) is 5. The third-order valence-corrected chi connectivity index (χ3v) is 6.53. The molecule has 6 heteroatoms. The molecule has 0 aromatic heterocycles. The summed E-state index contributed by atoms with van der Waals surface area (Å²) in [5.41, 5.74) is 9.82. The lowest BCUT2D eigenvalue weighted by Gasteiger charge is -2.55. The van der Waals surface area contributed by atoms with Gasteiger partial charge >= 0.3 is 5.97 Å². The van der Waals surface area contributed by atoms with Crippen molar-refractivity contribution in [1.82, 2.24) is 0 Å². The lowest BCUT2D eigenvalue weighted by molar-refractivity contribution is -0.173. The summed E-state index contributed by atoms with van der Waals surface area (Å²) in [6, 6.07) is 0. The van der Waals surface area contributed by atoms with E-state index in [4.69, 9.17) is 16.2 Å². The molecule has 0 radical (unpaired) electrons. The van der Waals surface area contributed by atoms with E-state index in [1.54, 1.807) is 22.6 Å². The molecule has 4 bridgehead atoms. The van der Waals surface area contributed by atoms with Gasteiger partial charge in [0, 0.05) is 0 Å². The molecule has 1 unspecified atom stereocenters. The number of ether oxygens (including phenoxy) is 1. The van der Waals surface area contributed by atoms with Gasteiger partial charge in [-0.1, -0.05) is 0 Å². The normalized spacial score (nSPS) is 40.7. The molecular formula is C14H23IN2O3. The Morgan fingerprint density at radius 3 is 2.10 bits per heavy atom. The molecule has 5 N–H and O–H groups in total. The highest BCUT2D eigenvalue weighted by molar-refractivity contribution is 14.1. The van der Waals surface area contributed by atoms with Gasteiger partial charge in [-0.05, 0) is 78.9 Å². The fourth-order valence-electron chi connectivity index (χ4n) is 4.77. The van der Waals surface area contributed by atoms with Gasteiger partial charge < -0.3 is 21.3 Å². The summed E-state index contributed by atoms with van der Waals surface area (Å²) < 4.78 is 4.46. The van der Waals surface area contributed by atoms with Gasteiger partial charge in [0.2, 0.25) is 0 Å². The van der Waals surface area contributed by atoms with Crippen molar-refractivity contribution in [2.75, 3.05) is 6.61 Å². The van der Waals surface area contributed by atoms with Crippen LogP contribution in [0.1, 0.15) is 38.5 Å². The van der Waals surface area contributed by atoms with Crippen LogP contribution in [-0.4, -0.2) is 27.5 Å². The predicted molar refractivity (Wildman–Crippen MR) is 82.7 cm³/mol. The van der Waals surface area contributed by atoms with Gasteiger partial charge in [0.1, 0.15) is 16.4 Å². The smallest absolute Gasteiger partial charge is 0.312 e. The summed E-state index contributed by atoms with van der Waals surface area (Å²) in [5, 5.41) is 9.47. The van der Waals surface area contributed by atoms with Gasteiger partial charge in [0.15, 0.2) is 0 Å². The predicted octanol–water partition coefficient (Wildman–Crippen LogP) is 1.11. The number of rotatable bonds is 4. The molecule has 4 rings (SSSR count). The summed E-state index contributed by atoms with van der Waals surface area (Å²) in [4.78, 5) is 12.5. The highest BCUT2D eigenvalue weighted by Crippen LogP contribution is 2.60. The van der Waals surface area contributed by atoms with Crippen LogP contribution in [0.4, 0.5) is 0 Å². The maximum absolute atomic E-state index is 12.5. The average Bonchev–Trinajstić information content (AvgIpc) is 2.34. The first-order valence-electron chi connectivity index (χ1n) is 7.38. The summed E-state index contributed by atoms with van der Waals surface area (Å²) in [6.45, 7) is -0.127. The Hall–Kier alpha value is 0.0800. The van der Waals surface area contributed by atoms with E-state index >= 15 is 0 Å². The Labute approximate surface area is 132 Å². The van der Waals surface area contributed by atoms with Crippen LogP contribution in [0, 0.1) is 23.2 Å². The van der Waals surface area contributed by atoms with E-state index in [-0.39, 0.29) is 18.0 Å². The Balaban J connectivity index is 1.65. The number of nitrogens with two attached hydrogens (primary N) is 2. The average molecular weight is 394 g/mol. The Kier molecular flexibility index (Phi) is 3.80. The second kappa shape index (κ2) is 5.07. The van der Waals surface area contributed by atoms with Crippen molar-refractivity contribution in [2.45, 2.75) is 48.3 Å². The largest absolute Gasteiger partial charge is 0.462 e. The zero-order valence-electron chi connectivity index (χ0n) is 11.6. The minimum Gasteiger partial charge on any atom is -0.462 e. The molecule has 4 saturated carbocycles. The highest BCUT2D eigenvalue weighted by Gasteiger charge is 2.55. The van der Waals surface area contributed by atoms with Gasteiger partial charge in [0.05, 0.1) is 5.41 Å². The molecule has 0 aromatic rings. The van der Waals surface area contributed by atoms with Crippen LogP contribution < -0.4 is 11.5 Å². The van der Waals surface area contributed by atoms with E-state index in [1.807, 2.05) is 0 Å². The maximum atomic E-state index is 12.5. The van der Waals surface area contributed by atoms with Crippen molar-refractivity contribution in [3.8, 4) is 0 Å². The molecular weight excluding hydrogens is 371 g/mol. The van der Waals surface area contributed by atoms with Gasteiger partial charge in [0.25, 0.3) is 0 Å². The zero-order chi connectivity index (χ0) is 14.5. The molecule has 20 heavy (non-hydrogen) atoms. The Morgan fingerprint density at radius 1 is 1.25 bits per heavy atom. The number of carbonyl (C=O) groups is 1. The van der Waals surface area contributed by atoms with Gasteiger partial charge in [-0.3, -0.25) is 4.79 Å². The zero-order valence-corrected chi connectivity index (χ0v) is 13.7. The standard InChI is InChI=1S/C14H23IN2O3/c15-11(18)14(16,17)7-20-12(19)13-4-8-1-9(5-13)3-10(2-8)6-13/h8-11,18H,1-7,16-17H2. The molecule has 4 aliphatic carbocycles. The molecule has 1 atom stereocenters. The van der Waals surface area contributed by atoms with E-state index in [1.165, 1.54) is 19.3 Å². The van der Waals surface area contributed by atoms with Crippen LogP contribution in [0.5, 0.6) is 0 Å². The molecule has 0 spiro atoms. The number of aliphatic hydroxyl groups excluding tert-OH is 1. The third kappa shape index (κ3) is 2.60. The molecule has 5 nitrogen and oxygen atoms in total. The first kappa shape index (κ1) is 15.0. The monoisotopic (exact) mass is 394 g/mol. The van der Waals surface area contributed by atoms with Gasteiger partial charge in [-0.25, -0.2) is 0 Å². The minimum atomic E-state index is -1.38. The van der Waals surface area contributed by atoms with Crippen LogP contribution >= 0.6 is 22.6 Å². The van der Waals surface area contributed by atoms with E-state index in [9.17, 15) is 9.90 Å².